The van der Waals surface area contributed by atoms with E-state index in [9.17, 15) is 25.0 Å². The molecule has 10 nitrogen and oxygen atoms in total. The fraction of sp³-hybridized carbons (Fsp3) is 0.0435. The molecule has 0 bridgehead atoms. The average Bonchev–Trinajstić information content (AvgIpc) is 3.18. The van der Waals surface area contributed by atoms with Crippen LogP contribution in [0.15, 0.2) is 65.3 Å². The van der Waals surface area contributed by atoms with Crippen LogP contribution in [0.1, 0.15) is 16.7 Å². The van der Waals surface area contributed by atoms with E-state index >= 15 is 0 Å². The summed E-state index contributed by atoms with van der Waals surface area (Å²) in [6, 6.07) is 13.7. The highest BCUT2D eigenvalue weighted by molar-refractivity contribution is 14.1. The van der Waals surface area contributed by atoms with E-state index in [0.717, 1.165) is 12.7 Å². The molecule has 3 aromatic rings. The highest BCUT2D eigenvalue weighted by Gasteiger charge is 2.26. The van der Waals surface area contributed by atoms with E-state index in [2.05, 4.69) is 50.2 Å². The molecule has 13 heteroatoms. The minimum absolute atomic E-state index is 0.00541. The first kappa shape index (κ1) is 26.0. The molecule has 0 spiro atoms. The van der Waals surface area contributed by atoms with Gasteiger partial charge in [-0.1, -0.05) is 11.6 Å². The molecule has 0 aromatic heterocycles. The number of esters is 1. The lowest BCUT2D eigenvalue weighted by Crippen LogP contribution is -2.06. The van der Waals surface area contributed by atoms with Gasteiger partial charge in [-0.05, 0) is 98.8 Å². The summed E-state index contributed by atoms with van der Waals surface area (Å²) in [4.78, 5) is 37.4. The Hall–Kier alpha value is -3.11. The molecule has 1 heterocycles. The fourth-order valence-corrected chi connectivity index (χ4v) is 5.46. The Bertz CT molecular complexity index is 1450. The van der Waals surface area contributed by atoms with Gasteiger partial charge in [0.1, 0.15) is 17.4 Å². The normalized spacial score (nSPS) is 13.9. The number of benzene rings is 3. The summed E-state index contributed by atoms with van der Waals surface area (Å²) in [6.45, 7) is 0.220. The van der Waals surface area contributed by atoms with Gasteiger partial charge in [0.05, 0.1) is 17.0 Å². The van der Waals surface area contributed by atoms with E-state index in [-0.39, 0.29) is 40.2 Å². The van der Waals surface area contributed by atoms with E-state index in [1.807, 2.05) is 0 Å². The number of non-ortho nitro benzene ring substituents is 1. The number of nitro groups is 2. The number of carbonyl (C=O) groups is 1. The smallest absolute Gasteiger partial charge is 0.363 e. The Labute approximate surface area is 235 Å². The molecule has 0 fully saturated rings. The van der Waals surface area contributed by atoms with Gasteiger partial charge in [-0.3, -0.25) is 20.2 Å². The molecule has 0 aliphatic carbocycles. The lowest BCUT2D eigenvalue weighted by Gasteiger charge is -2.11. The molecule has 4 rings (SSSR count). The third-order valence-corrected chi connectivity index (χ3v) is 6.79. The topological polar surface area (TPSA) is 134 Å². The standard InChI is InChI=1S/C23H12ClI2N3O7/c24-16-6-3-14(10-20(16)29(33)34)22-27-19(23(30)36-22)9-13-7-17(25)21(18(26)8-13)35-11-12-1-4-15(5-2-12)28(31)32/h1-10H,11H2/b19-9-. The van der Waals surface area contributed by atoms with Crippen LogP contribution in [0.2, 0.25) is 5.02 Å². The van der Waals surface area contributed by atoms with E-state index in [4.69, 9.17) is 21.1 Å². The lowest BCUT2D eigenvalue weighted by atomic mass is 10.2. The molecule has 0 saturated carbocycles. The number of hydrogen-bond donors (Lipinski definition) is 0. The molecule has 0 N–H and O–H groups in total. The van der Waals surface area contributed by atoms with E-state index in [1.165, 1.54) is 30.3 Å². The molecule has 0 radical (unpaired) electrons. The van der Waals surface area contributed by atoms with Crippen LogP contribution in [0.4, 0.5) is 11.4 Å². The molecule has 0 atom stereocenters. The Kier molecular flexibility index (Phi) is 7.85. The number of halogens is 3. The van der Waals surface area contributed by atoms with Crippen LogP contribution in [0.3, 0.4) is 0 Å². The minimum Gasteiger partial charge on any atom is -0.487 e. The zero-order valence-corrected chi connectivity index (χ0v) is 22.9. The van der Waals surface area contributed by atoms with Crippen molar-refractivity contribution in [1.82, 2.24) is 0 Å². The third-order valence-electron chi connectivity index (χ3n) is 4.86. The van der Waals surface area contributed by atoms with E-state index in [0.29, 0.717) is 11.3 Å². The van der Waals surface area contributed by atoms with Gasteiger partial charge in [0.25, 0.3) is 11.4 Å². The van der Waals surface area contributed by atoms with Crippen molar-refractivity contribution in [2.45, 2.75) is 6.61 Å². The van der Waals surface area contributed by atoms with Gasteiger partial charge in [-0.15, -0.1) is 0 Å². The molecule has 3 aromatic carbocycles. The number of aliphatic imine (C=N–C) groups is 1. The second-order valence-corrected chi connectivity index (χ2v) is 10.0. The maximum absolute atomic E-state index is 12.4. The number of hydrogen-bond acceptors (Lipinski definition) is 8. The molecular formula is C23H12ClI2N3O7. The van der Waals surface area contributed by atoms with Gasteiger partial charge in [0, 0.05) is 23.8 Å². The SMILES string of the molecule is O=C1OC(c2ccc(Cl)c([N+](=O)[O-])c2)=N/C1=C\c1cc(I)c(OCc2ccc([N+](=O)[O-])cc2)c(I)c1. The number of ether oxygens (including phenoxy) is 2. The summed E-state index contributed by atoms with van der Waals surface area (Å²) in [5, 5.41) is 21.9. The maximum atomic E-state index is 12.4. The molecule has 36 heavy (non-hydrogen) atoms. The summed E-state index contributed by atoms with van der Waals surface area (Å²) in [6.07, 6.45) is 1.55. The summed E-state index contributed by atoms with van der Waals surface area (Å²) in [7, 11) is 0. The Morgan fingerprint density at radius 2 is 1.67 bits per heavy atom. The monoisotopic (exact) mass is 731 g/mol. The maximum Gasteiger partial charge on any atom is 0.363 e. The van der Waals surface area contributed by atoms with Gasteiger partial charge >= 0.3 is 5.97 Å². The molecular weight excluding hydrogens is 720 g/mol. The first-order chi connectivity index (χ1) is 17.1. The zero-order chi connectivity index (χ0) is 26.0. The predicted octanol–water partition coefficient (Wildman–Crippen LogP) is 6.29. The Morgan fingerprint density at radius 3 is 2.28 bits per heavy atom. The van der Waals surface area contributed by atoms with Crippen molar-refractivity contribution in [2.75, 3.05) is 0 Å². The number of cyclic esters (lactones) is 1. The first-order valence-electron chi connectivity index (χ1n) is 9.94. The van der Waals surface area contributed by atoms with Gasteiger partial charge < -0.3 is 9.47 Å². The number of carbonyl (C=O) groups excluding carboxylic acids is 1. The van der Waals surface area contributed by atoms with Crippen molar-refractivity contribution in [3.63, 3.8) is 0 Å². The minimum atomic E-state index is -0.689. The van der Waals surface area contributed by atoms with Crippen molar-refractivity contribution >= 4 is 86.1 Å². The summed E-state index contributed by atoms with van der Waals surface area (Å²) >= 11 is 10.1. The van der Waals surface area contributed by atoms with Crippen LogP contribution < -0.4 is 4.74 Å². The van der Waals surface area contributed by atoms with Crippen LogP contribution in [0.5, 0.6) is 5.75 Å². The second-order valence-electron chi connectivity index (χ2n) is 7.29. The Morgan fingerprint density at radius 1 is 1.00 bits per heavy atom. The molecule has 0 saturated heterocycles. The average molecular weight is 732 g/mol. The van der Waals surface area contributed by atoms with Gasteiger partial charge in [-0.2, -0.15) is 0 Å². The zero-order valence-electron chi connectivity index (χ0n) is 17.8. The fourth-order valence-electron chi connectivity index (χ4n) is 3.15. The van der Waals surface area contributed by atoms with Crippen LogP contribution in [-0.4, -0.2) is 21.7 Å². The highest BCUT2D eigenvalue weighted by atomic mass is 127. The van der Waals surface area contributed by atoms with Crippen LogP contribution in [0, 0.1) is 27.4 Å². The quantitative estimate of drug-likeness (QED) is 0.0917. The van der Waals surface area contributed by atoms with Crippen molar-refractivity contribution in [3.05, 3.63) is 109 Å². The van der Waals surface area contributed by atoms with Crippen molar-refractivity contribution < 1.29 is 24.1 Å². The van der Waals surface area contributed by atoms with E-state index in [1.54, 1.807) is 30.3 Å². The number of rotatable bonds is 7. The summed E-state index contributed by atoms with van der Waals surface area (Å²) in [5.41, 5.74) is 1.42. The highest BCUT2D eigenvalue weighted by Crippen LogP contribution is 2.32. The van der Waals surface area contributed by atoms with Crippen molar-refractivity contribution in [1.29, 1.82) is 0 Å². The molecule has 182 valence electrons. The van der Waals surface area contributed by atoms with Crippen LogP contribution in [-0.2, 0) is 16.1 Å². The van der Waals surface area contributed by atoms with E-state index < -0.39 is 15.8 Å². The lowest BCUT2D eigenvalue weighted by molar-refractivity contribution is -0.385. The largest absolute Gasteiger partial charge is 0.487 e. The molecule has 0 unspecified atom stereocenters. The second kappa shape index (κ2) is 10.9. The molecule has 1 aliphatic rings. The predicted molar refractivity (Wildman–Crippen MR) is 148 cm³/mol. The van der Waals surface area contributed by atoms with Crippen molar-refractivity contribution in [3.8, 4) is 5.75 Å². The summed E-state index contributed by atoms with van der Waals surface area (Å²) in [5.74, 6) is -0.118. The van der Waals surface area contributed by atoms with Crippen LogP contribution in [0.25, 0.3) is 6.08 Å². The first-order valence-corrected chi connectivity index (χ1v) is 12.5. The van der Waals surface area contributed by atoms with Gasteiger partial charge in [0.15, 0.2) is 5.70 Å². The number of nitrogens with zero attached hydrogens (tertiary/aromatic N) is 3. The van der Waals surface area contributed by atoms with Gasteiger partial charge in [-0.25, -0.2) is 9.79 Å². The van der Waals surface area contributed by atoms with Crippen molar-refractivity contribution in [2.24, 2.45) is 4.99 Å². The van der Waals surface area contributed by atoms with Crippen LogP contribution >= 0.6 is 56.8 Å². The number of nitro benzene ring substituents is 2. The molecule has 1 aliphatic heterocycles. The molecule has 0 amide bonds. The Balaban J connectivity index is 1.54. The summed E-state index contributed by atoms with van der Waals surface area (Å²) < 4.78 is 12.7. The third kappa shape index (κ3) is 5.82. The van der Waals surface area contributed by atoms with Gasteiger partial charge in [0.2, 0.25) is 5.90 Å².